The highest BCUT2D eigenvalue weighted by molar-refractivity contribution is 5.85. The molecule has 0 heterocycles. The third-order valence-electron chi connectivity index (χ3n) is 1.51. The summed E-state index contributed by atoms with van der Waals surface area (Å²) in [6, 6.07) is 8.06. The van der Waals surface area contributed by atoms with E-state index < -0.39 is 5.97 Å². The van der Waals surface area contributed by atoms with Crippen molar-refractivity contribution in [3.05, 3.63) is 35.9 Å². The Labute approximate surface area is 79.2 Å². The lowest BCUT2D eigenvalue weighted by molar-refractivity contribution is -0.255. The van der Waals surface area contributed by atoms with Crippen LogP contribution in [0.4, 0.5) is 0 Å². The maximum absolute atomic E-state index is 10.1. The Kier molecular flexibility index (Phi) is 6.60. The molecule has 0 amide bonds. The minimum Gasteiger partial charge on any atom is -0.545 e. The molecule has 2 heteroatoms. The highest BCUT2D eigenvalue weighted by Crippen LogP contribution is 1.94. The molecule has 0 saturated carbocycles. The average molecular weight is 179 g/mol. The van der Waals surface area contributed by atoms with Crippen molar-refractivity contribution < 1.29 is 9.90 Å². The van der Waals surface area contributed by atoms with E-state index in [4.69, 9.17) is 0 Å². The number of carbonyl (C=O) groups excluding carboxylic acids is 1. The van der Waals surface area contributed by atoms with E-state index in [1.807, 2.05) is 0 Å². The van der Waals surface area contributed by atoms with E-state index in [1.165, 1.54) is 25.0 Å². The van der Waals surface area contributed by atoms with Crippen LogP contribution in [0.25, 0.3) is 0 Å². The van der Waals surface area contributed by atoms with Crippen LogP contribution in [0.2, 0.25) is 0 Å². The third-order valence-corrected chi connectivity index (χ3v) is 1.51. The van der Waals surface area contributed by atoms with Gasteiger partial charge in [0, 0.05) is 0 Å². The number of carbonyl (C=O) groups is 1. The van der Waals surface area contributed by atoms with Crippen LogP contribution in [0.5, 0.6) is 0 Å². The van der Waals surface area contributed by atoms with Crippen LogP contribution < -0.4 is 5.11 Å². The predicted octanol–water partition coefficient (Wildman–Crippen LogP) is 1.86. The van der Waals surface area contributed by atoms with E-state index in [-0.39, 0.29) is 5.56 Å². The van der Waals surface area contributed by atoms with E-state index in [0.717, 1.165) is 0 Å². The van der Waals surface area contributed by atoms with Crippen molar-refractivity contribution in [3.63, 3.8) is 0 Å². The zero-order valence-corrected chi connectivity index (χ0v) is 8.12. The summed E-state index contributed by atoms with van der Waals surface area (Å²) in [4.78, 5) is 10.1. The Morgan fingerprint density at radius 1 is 1.15 bits per heavy atom. The van der Waals surface area contributed by atoms with Crippen LogP contribution in [0.1, 0.15) is 37.0 Å². The van der Waals surface area contributed by atoms with Crippen LogP contribution in [-0.4, -0.2) is 5.97 Å². The number of carboxylic acid groups (broad SMARTS) is 1. The molecule has 0 aliphatic carbocycles. The molecule has 1 rings (SSSR count). The molecule has 0 saturated heterocycles. The molecule has 0 aliphatic heterocycles. The summed E-state index contributed by atoms with van der Waals surface area (Å²) >= 11 is 0. The fraction of sp³-hybridized carbons (Fsp3) is 0.364. The number of aromatic carboxylic acids is 1. The molecule has 0 aliphatic rings. The molecule has 0 fully saturated rings. The van der Waals surface area contributed by atoms with Gasteiger partial charge in [0.05, 0.1) is 5.97 Å². The quantitative estimate of drug-likeness (QED) is 0.695. The van der Waals surface area contributed by atoms with E-state index in [0.29, 0.717) is 0 Å². The summed E-state index contributed by atoms with van der Waals surface area (Å²) in [5.74, 6) is -1.13. The molecular weight excluding hydrogens is 164 g/mol. The first-order valence-electron chi connectivity index (χ1n) is 4.48. The highest BCUT2D eigenvalue weighted by Gasteiger charge is 1.85. The number of carboxylic acids is 1. The van der Waals surface area contributed by atoms with E-state index in [9.17, 15) is 9.90 Å². The smallest absolute Gasteiger partial charge is 0.0715 e. The molecule has 0 radical (unpaired) electrons. The van der Waals surface area contributed by atoms with Crippen molar-refractivity contribution in [1.29, 1.82) is 0 Å². The van der Waals surface area contributed by atoms with Gasteiger partial charge in [-0.1, -0.05) is 57.0 Å². The first-order valence-corrected chi connectivity index (χ1v) is 4.48. The molecule has 1 aromatic carbocycles. The lowest BCUT2D eigenvalue weighted by Crippen LogP contribution is -2.21. The predicted molar refractivity (Wildman–Crippen MR) is 51.4 cm³/mol. The van der Waals surface area contributed by atoms with Crippen molar-refractivity contribution in [2.75, 3.05) is 0 Å². The van der Waals surface area contributed by atoms with Crippen molar-refractivity contribution in [2.45, 2.75) is 26.7 Å². The number of hydrogen-bond acceptors (Lipinski definition) is 2. The number of unbranched alkanes of at least 4 members (excludes halogenated alkanes) is 1. The molecule has 0 spiro atoms. The lowest BCUT2D eigenvalue weighted by atomic mass is 10.2. The van der Waals surface area contributed by atoms with Gasteiger partial charge in [-0.2, -0.15) is 0 Å². The first-order chi connectivity index (χ1) is 6.22. The fourth-order valence-corrected chi connectivity index (χ4v) is 0.574. The summed E-state index contributed by atoms with van der Waals surface area (Å²) in [5, 5.41) is 10.1. The molecule has 0 aromatic heterocycles. The van der Waals surface area contributed by atoms with Crippen LogP contribution in [0.3, 0.4) is 0 Å². The number of hydrogen-bond donors (Lipinski definition) is 0. The molecule has 2 nitrogen and oxygen atoms in total. The van der Waals surface area contributed by atoms with Crippen molar-refractivity contribution in [3.8, 4) is 0 Å². The summed E-state index contributed by atoms with van der Waals surface area (Å²) < 4.78 is 0. The normalized spacial score (nSPS) is 8.46. The minimum atomic E-state index is -1.13. The van der Waals surface area contributed by atoms with Gasteiger partial charge in [-0.25, -0.2) is 0 Å². The average Bonchev–Trinajstić information content (AvgIpc) is 2.19. The van der Waals surface area contributed by atoms with Gasteiger partial charge < -0.3 is 9.90 Å². The van der Waals surface area contributed by atoms with Crippen molar-refractivity contribution >= 4 is 5.97 Å². The monoisotopic (exact) mass is 179 g/mol. The Hall–Kier alpha value is -1.31. The van der Waals surface area contributed by atoms with Gasteiger partial charge >= 0.3 is 0 Å². The van der Waals surface area contributed by atoms with Crippen LogP contribution >= 0.6 is 0 Å². The topological polar surface area (TPSA) is 40.1 Å². The zero-order chi connectivity index (χ0) is 10.1. The fourth-order valence-electron chi connectivity index (χ4n) is 0.574. The minimum absolute atomic E-state index is 0.220. The van der Waals surface area contributed by atoms with Crippen molar-refractivity contribution in [2.24, 2.45) is 0 Å². The number of benzene rings is 1. The Bertz CT molecular complexity index is 227. The first kappa shape index (κ1) is 11.7. The molecular formula is C11H15O2-. The SMILES string of the molecule is CCCC.O=C([O-])c1ccccc1. The molecule has 0 unspecified atom stereocenters. The van der Waals surface area contributed by atoms with E-state index in [2.05, 4.69) is 13.8 Å². The van der Waals surface area contributed by atoms with Gasteiger partial charge in [0.15, 0.2) is 0 Å². The van der Waals surface area contributed by atoms with Crippen LogP contribution in [0, 0.1) is 0 Å². The Balaban J connectivity index is 0.000000310. The molecule has 1 aromatic rings. The summed E-state index contributed by atoms with van der Waals surface area (Å²) in [5.41, 5.74) is 0.220. The lowest BCUT2D eigenvalue weighted by Gasteiger charge is -1.97. The second-order valence-corrected chi connectivity index (χ2v) is 2.65. The summed E-state index contributed by atoms with van der Waals surface area (Å²) in [6.07, 6.45) is 2.64. The molecule has 13 heavy (non-hydrogen) atoms. The molecule has 0 N–H and O–H groups in total. The van der Waals surface area contributed by atoms with Gasteiger partial charge in [-0.15, -0.1) is 0 Å². The zero-order valence-electron chi connectivity index (χ0n) is 8.12. The maximum atomic E-state index is 10.1. The van der Waals surface area contributed by atoms with Gasteiger partial charge in [0.2, 0.25) is 0 Å². The van der Waals surface area contributed by atoms with Gasteiger partial charge in [-0.05, 0) is 5.56 Å². The Morgan fingerprint density at radius 3 is 1.85 bits per heavy atom. The largest absolute Gasteiger partial charge is 0.545 e. The number of rotatable bonds is 2. The second kappa shape index (κ2) is 7.35. The van der Waals surface area contributed by atoms with Gasteiger partial charge in [0.1, 0.15) is 0 Å². The standard InChI is InChI=1S/C7H6O2.C4H10/c8-7(9)6-4-2-1-3-5-6;1-3-4-2/h1-5H,(H,8,9);3-4H2,1-2H3/p-1. The Morgan fingerprint density at radius 2 is 1.62 bits per heavy atom. The summed E-state index contributed by atoms with van der Waals surface area (Å²) in [7, 11) is 0. The molecule has 0 bridgehead atoms. The van der Waals surface area contributed by atoms with Gasteiger partial charge in [0.25, 0.3) is 0 Å². The highest BCUT2D eigenvalue weighted by atomic mass is 16.4. The maximum Gasteiger partial charge on any atom is 0.0715 e. The summed E-state index contributed by atoms with van der Waals surface area (Å²) in [6.45, 7) is 4.36. The van der Waals surface area contributed by atoms with E-state index in [1.54, 1.807) is 18.2 Å². The van der Waals surface area contributed by atoms with Crippen LogP contribution in [-0.2, 0) is 0 Å². The molecule has 0 atom stereocenters. The third kappa shape index (κ3) is 5.91. The van der Waals surface area contributed by atoms with Crippen LogP contribution in [0.15, 0.2) is 30.3 Å². The van der Waals surface area contributed by atoms with E-state index >= 15 is 0 Å². The van der Waals surface area contributed by atoms with Crippen molar-refractivity contribution in [1.82, 2.24) is 0 Å². The van der Waals surface area contributed by atoms with Gasteiger partial charge in [-0.3, -0.25) is 0 Å². The molecule has 72 valence electrons. The second-order valence-electron chi connectivity index (χ2n) is 2.65.